The SMILES string of the molecule is IC1CN(C2CCNC2)CCO1. The van der Waals surface area contributed by atoms with Crippen LogP contribution in [0.3, 0.4) is 0 Å². The Kier molecular flexibility index (Phi) is 3.22. The van der Waals surface area contributed by atoms with Crippen LogP contribution in [-0.4, -0.2) is 47.8 Å². The van der Waals surface area contributed by atoms with Gasteiger partial charge in [0.25, 0.3) is 0 Å². The number of halogens is 1. The van der Waals surface area contributed by atoms with Crippen LogP contribution in [0.5, 0.6) is 0 Å². The number of ether oxygens (including phenoxy) is 1. The summed E-state index contributed by atoms with van der Waals surface area (Å²) in [5, 5.41) is 3.40. The first-order valence-corrected chi connectivity index (χ1v) is 5.81. The highest BCUT2D eigenvalue weighted by Gasteiger charge is 2.26. The second-order valence-corrected chi connectivity index (χ2v) is 4.81. The summed E-state index contributed by atoms with van der Waals surface area (Å²) in [4.78, 5) is 2.56. The zero-order valence-electron chi connectivity index (χ0n) is 7.13. The molecule has 3 nitrogen and oxygen atoms in total. The molecule has 0 bridgehead atoms. The maximum absolute atomic E-state index is 5.49. The van der Waals surface area contributed by atoms with Crippen LogP contribution in [0.2, 0.25) is 0 Å². The van der Waals surface area contributed by atoms with Gasteiger partial charge in [-0.2, -0.15) is 0 Å². The second kappa shape index (κ2) is 4.21. The first kappa shape index (κ1) is 9.18. The summed E-state index contributed by atoms with van der Waals surface area (Å²) in [7, 11) is 0. The van der Waals surface area contributed by atoms with Crippen molar-refractivity contribution >= 4 is 22.6 Å². The minimum absolute atomic E-state index is 0.400. The fourth-order valence-corrected chi connectivity index (χ4v) is 2.67. The van der Waals surface area contributed by atoms with E-state index >= 15 is 0 Å². The average molecular weight is 282 g/mol. The third-order valence-corrected chi connectivity index (χ3v) is 3.36. The Balaban J connectivity index is 1.85. The summed E-state index contributed by atoms with van der Waals surface area (Å²) in [5.41, 5.74) is 0. The van der Waals surface area contributed by atoms with Crippen molar-refractivity contribution in [1.82, 2.24) is 10.2 Å². The molecule has 2 saturated heterocycles. The van der Waals surface area contributed by atoms with Crippen LogP contribution >= 0.6 is 22.6 Å². The van der Waals surface area contributed by atoms with Gasteiger partial charge in [0.05, 0.1) is 6.61 Å². The van der Waals surface area contributed by atoms with E-state index in [4.69, 9.17) is 4.74 Å². The van der Waals surface area contributed by atoms with Crippen molar-refractivity contribution < 1.29 is 4.74 Å². The smallest absolute Gasteiger partial charge is 0.121 e. The van der Waals surface area contributed by atoms with E-state index < -0.39 is 0 Å². The molecule has 2 unspecified atom stereocenters. The first-order valence-electron chi connectivity index (χ1n) is 4.57. The van der Waals surface area contributed by atoms with Gasteiger partial charge in [0, 0.05) is 25.7 Å². The van der Waals surface area contributed by atoms with E-state index in [1.54, 1.807) is 0 Å². The van der Waals surface area contributed by atoms with Gasteiger partial charge in [-0.1, -0.05) is 0 Å². The molecule has 0 amide bonds. The molecule has 12 heavy (non-hydrogen) atoms. The van der Waals surface area contributed by atoms with E-state index in [0.717, 1.165) is 25.7 Å². The molecule has 1 N–H and O–H groups in total. The van der Waals surface area contributed by atoms with Gasteiger partial charge in [-0.25, -0.2) is 0 Å². The third kappa shape index (κ3) is 2.10. The zero-order valence-corrected chi connectivity index (χ0v) is 9.29. The number of hydrogen-bond acceptors (Lipinski definition) is 3. The lowest BCUT2D eigenvalue weighted by Crippen LogP contribution is -2.46. The topological polar surface area (TPSA) is 24.5 Å². The third-order valence-electron chi connectivity index (χ3n) is 2.61. The number of nitrogens with zero attached hydrogens (tertiary/aromatic N) is 1. The van der Waals surface area contributed by atoms with Crippen molar-refractivity contribution in [3.8, 4) is 0 Å². The van der Waals surface area contributed by atoms with Gasteiger partial charge in [-0.05, 0) is 35.6 Å². The maximum atomic E-state index is 5.49. The van der Waals surface area contributed by atoms with Crippen LogP contribution in [-0.2, 0) is 4.74 Å². The molecule has 70 valence electrons. The maximum Gasteiger partial charge on any atom is 0.121 e. The molecular formula is C8H15IN2O. The van der Waals surface area contributed by atoms with E-state index in [9.17, 15) is 0 Å². The summed E-state index contributed by atoms with van der Waals surface area (Å²) in [5.74, 6) is 0. The molecule has 2 heterocycles. The summed E-state index contributed by atoms with van der Waals surface area (Å²) in [6.45, 7) is 5.49. The minimum atomic E-state index is 0.400. The van der Waals surface area contributed by atoms with Crippen molar-refractivity contribution in [2.45, 2.75) is 16.6 Å². The summed E-state index contributed by atoms with van der Waals surface area (Å²) in [6, 6.07) is 0.770. The summed E-state index contributed by atoms with van der Waals surface area (Å²) < 4.78 is 5.89. The zero-order chi connectivity index (χ0) is 8.39. The van der Waals surface area contributed by atoms with Gasteiger partial charge < -0.3 is 10.1 Å². The average Bonchev–Trinajstić information content (AvgIpc) is 2.56. The Morgan fingerprint density at radius 3 is 3.08 bits per heavy atom. The number of nitrogens with one attached hydrogen (secondary N) is 1. The highest BCUT2D eigenvalue weighted by atomic mass is 127. The highest BCUT2D eigenvalue weighted by molar-refractivity contribution is 14.1. The second-order valence-electron chi connectivity index (χ2n) is 3.42. The van der Waals surface area contributed by atoms with Crippen LogP contribution < -0.4 is 5.32 Å². The normalized spacial score (nSPS) is 38.8. The van der Waals surface area contributed by atoms with Gasteiger partial charge in [-0.15, -0.1) is 0 Å². The van der Waals surface area contributed by atoms with Crippen LogP contribution in [0.4, 0.5) is 0 Å². The van der Waals surface area contributed by atoms with Crippen LogP contribution in [0.1, 0.15) is 6.42 Å². The van der Waals surface area contributed by atoms with E-state index in [-0.39, 0.29) is 0 Å². The Labute approximate surface area is 87.0 Å². The van der Waals surface area contributed by atoms with Crippen molar-refractivity contribution in [3.63, 3.8) is 0 Å². The molecule has 0 aromatic heterocycles. The number of rotatable bonds is 1. The highest BCUT2D eigenvalue weighted by Crippen LogP contribution is 2.16. The summed E-state index contributed by atoms with van der Waals surface area (Å²) >= 11 is 2.37. The number of alkyl halides is 1. The first-order chi connectivity index (χ1) is 5.86. The van der Waals surface area contributed by atoms with E-state index in [0.29, 0.717) is 4.11 Å². The molecule has 0 saturated carbocycles. The van der Waals surface area contributed by atoms with Gasteiger partial charge in [-0.3, -0.25) is 4.90 Å². The van der Waals surface area contributed by atoms with Gasteiger partial charge >= 0.3 is 0 Å². The van der Waals surface area contributed by atoms with Crippen molar-refractivity contribution in [1.29, 1.82) is 0 Å². The molecule has 0 aromatic carbocycles. The summed E-state index contributed by atoms with van der Waals surface area (Å²) in [6.07, 6.45) is 1.31. The van der Waals surface area contributed by atoms with E-state index in [2.05, 4.69) is 32.8 Å². The fraction of sp³-hybridized carbons (Fsp3) is 1.00. The lowest BCUT2D eigenvalue weighted by atomic mass is 10.2. The lowest BCUT2D eigenvalue weighted by molar-refractivity contribution is 0.0104. The predicted molar refractivity (Wildman–Crippen MR) is 56.6 cm³/mol. The monoisotopic (exact) mass is 282 g/mol. The molecule has 2 rings (SSSR count). The molecular weight excluding hydrogens is 267 g/mol. The predicted octanol–water partition coefficient (Wildman–Crippen LogP) is 0.442. The lowest BCUT2D eigenvalue weighted by Gasteiger charge is -2.34. The van der Waals surface area contributed by atoms with Crippen LogP contribution in [0.15, 0.2) is 0 Å². The Morgan fingerprint density at radius 1 is 1.50 bits per heavy atom. The minimum Gasteiger partial charge on any atom is -0.365 e. The molecule has 0 radical (unpaired) electrons. The van der Waals surface area contributed by atoms with Gasteiger partial charge in [0.1, 0.15) is 4.11 Å². The number of hydrogen-bond donors (Lipinski definition) is 1. The molecule has 4 heteroatoms. The van der Waals surface area contributed by atoms with E-state index in [1.807, 2.05) is 0 Å². The Hall–Kier alpha value is 0.610. The molecule has 2 atom stereocenters. The van der Waals surface area contributed by atoms with Gasteiger partial charge in [0.2, 0.25) is 0 Å². The molecule has 0 aromatic rings. The van der Waals surface area contributed by atoms with Crippen LogP contribution in [0, 0.1) is 0 Å². The molecule has 2 aliphatic heterocycles. The molecule has 2 fully saturated rings. The quantitative estimate of drug-likeness (QED) is 0.558. The van der Waals surface area contributed by atoms with Crippen molar-refractivity contribution in [2.24, 2.45) is 0 Å². The Morgan fingerprint density at radius 2 is 2.42 bits per heavy atom. The van der Waals surface area contributed by atoms with Crippen LogP contribution in [0.25, 0.3) is 0 Å². The molecule has 0 aliphatic carbocycles. The number of morpholine rings is 1. The van der Waals surface area contributed by atoms with Gasteiger partial charge in [0.15, 0.2) is 0 Å². The van der Waals surface area contributed by atoms with Crippen molar-refractivity contribution in [2.75, 3.05) is 32.8 Å². The standard InChI is InChI=1S/C8H15IN2O/c9-8-6-11(3-4-12-8)7-1-2-10-5-7/h7-8,10H,1-6H2. The largest absolute Gasteiger partial charge is 0.365 e. The van der Waals surface area contributed by atoms with E-state index in [1.165, 1.54) is 19.5 Å². The van der Waals surface area contributed by atoms with Crippen molar-refractivity contribution in [3.05, 3.63) is 0 Å². The molecule has 0 spiro atoms. The Bertz CT molecular complexity index is 150. The fourth-order valence-electron chi connectivity index (χ4n) is 1.91. The molecule has 2 aliphatic rings.